The zero-order valence-electron chi connectivity index (χ0n) is 18.5. The lowest BCUT2D eigenvalue weighted by atomic mass is 9.97. The van der Waals surface area contributed by atoms with Gasteiger partial charge in [-0.1, -0.05) is 0 Å². The molecule has 2 fully saturated rings. The molecule has 1 saturated carbocycles. The van der Waals surface area contributed by atoms with E-state index in [1.807, 2.05) is 40.5 Å². The first kappa shape index (κ1) is 20.0. The van der Waals surface area contributed by atoms with E-state index in [9.17, 15) is 4.79 Å². The molecule has 166 valence electrons. The maximum Gasteiger partial charge on any atom is 0.253 e. The number of nitrogens with zero attached hydrogens (tertiary/aromatic N) is 4. The molecule has 0 atom stereocenters. The van der Waals surface area contributed by atoms with E-state index in [4.69, 9.17) is 14.7 Å². The lowest BCUT2D eigenvalue weighted by molar-refractivity contribution is 0.0746. The molecule has 0 spiro atoms. The Balaban J connectivity index is 1.26. The summed E-state index contributed by atoms with van der Waals surface area (Å²) in [6.07, 6.45) is 7.28. The second kappa shape index (κ2) is 8.03. The Morgan fingerprint density at radius 2 is 1.78 bits per heavy atom. The van der Waals surface area contributed by atoms with Gasteiger partial charge in [0.05, 0.1) is 12.5 Å². The largest absolute Gasteiger partial charge is 0.497 e. The average Bonchev–Trinajstić information content (AvgIpc) is 3.63. The van der Waals surface area contributed by atoms with Gasteiger partial charge in [-0.25, -0.2) is 9.97 Å². The number of hydrogen-bond acceptors (Lipinski definition) is 6. The molecule has 1 aliphatic heterocycles. The summed E-state index contributed by atoms with van der Waals surface area (Å²) in [6, 6.07) is 7.39. The van der Waals surface area contributed by atoms with Crippen LogP contribution in [-0.4, -0.2) is 54.1 Å². The molecule has 3 aliphatic rings. The van der Waals surface area contributed by atoms with E-state index in [0.717, 1.165) is 36.9 Å². The van der Waals surface area contributed by atoms with Crippen molar-refractivity contribution in [3.63, 3.8) is 0 Å². The number of methoxy groups -OCH3 is 1. The molecule has 1 amide bonds. The van der Waals surface area contributed by atoms with Crippen LogP contribution in [0.3, 0.4) is 0 Å². The number of fused-ring (bicyclic) bond motifs is 3. The minimum absolute atomic E-state index is 0.0896. The fourth-order valence-corrected chi connectivity index (χ4v) is 6.21. The second-order valence-electron chi connectivity index (χ2n) is 9.08. The minimum Gasteiger partial charge on any atom is -0.497 e. The Kier molecular flexibility index (Phi) is 5.01. The molecule has 1 saturated heterocycles. The van der Waals surface area contributed by atoms with Crippen LogP contribution in [0.2, 0.25) is 0 Å². The number of carbonyl (C=O) groups excluding carboxylic acids is 1. The number of benzene rings is 1. The molecule has 0 radical (unpaired) electrons. The monoisotopic (exact) mass is 448 g/mol. The van der Waals surface area contributed by atoms with Gasteiger partial charge in [-0.2, -0.15) is 0 Å². The smallest absolute Gasteiger partial charge is 0.253 e. The second-order valence-corrected chi connectivity index (χ2v) is 10.2. The first-order valence-electron chi connectivity index (χ1n) is 11.7. The summed E-state index contributed by atoms with van der Waals surface area (Å²) in [7, 11) is 1.64. The molecule has 32 heavy (non-hydrogen) atoms. The average molecular weight is 449 g/mol. The third-order valence-electron chi connectivity index (χ3n) is 6.96. The van der Waals surface area contributed by atoms with E-state index in [1.54, 1.807) is 7.11 Å². The highest BCUT2D eigenvalue weighted by atomic mass is 32.1. The summed E-state index contributed by atoms with van der Waals surface area (Å²) >= 11 is 1.89. The first-order chi connectivity index (χ1) is 15.7. The normalized spacial score (nSPS) is 18.7. The number of ether oxygens (including phenoxy) is 1. The quantitative estimate of drug-likeness (QED) is 0.591. The van der Waals surface area contributed by atoms with Gasteiger partial charge in [0.25, 0.3) is 5.91 Å². The van der Waals surface area contributed by atoms with Crippen LogP contribution in [0.1, 0.15) is 58.2 Å². The van der Waals surface area contributed by atoms with Crippen LogP contribution >= 0.6 is 11.3 Å². The molecular weight excluding hydrogens is 420 g/mol. The number of hydrogen-bond donors (Lipinski definition) is 0. The Labute approximate surface area is 192 Å². The highest BCUT2D eigenvalue weighted by molar-refractivity contribution is 7.19. The van der Waals surface area contributed by atoms with Crippen molar-refractivity contribution in [1.29, 1.82) is 0 Å². The highest BCUT2D eigenvalue weighted by Crippen LogP contribution is 2.44. The SMILES string of the molecule is COc1ccc(C(=O)N2CCN(c3nc(C4CC4)nc4sc5c(c34)CCCC5)CC2)cc1. The van der Waals surface area contributed by atoms with Crippen molar-refractivity contribution in [2.75, 3.05) is 38.2 Å². The van der Waals surface area contributed by atoms with Crippen molar-refractivity contribution in [3.8, 4) is 5.75 Å². The van der Waals surface area contributed by atoms with E-state index < -0.39 is 0 Å². The van der Waals surface area contributed by atoms with Gasteiger partial charge < -0.3 is 14.5 Å². The summed E-state index contributed by atoms with van der Waals surface area (Å²) in [5.74, 6) is 3.54. The molecule has 3 heterocycles. The van der Waals surface area contributed by atoms with Gasteiger partial charge >= 0.3 is 0 Å². The Bertz CT molecular complexity index is 1160. The van der Waals surface area contributed by atoms with E-state index in [2.05, 4.69) is 4.90 Å². The zero-order chi connectivity index (χ0) is 21.7. The van der Waals surface area contributed by atoms with Crippen molar-refractivity contribution in [2.24, 2.45) is 0 Å². The van der Waals surface area contributed by atoms with Crippen LogP contribution in [0.4, 0.5) is 5.82 Å². The third kappa shape index (κ3) is 3.52. The van der Waals surface area contributed by atoms with Gasteiger partial charge in [-0.05, 0) is 68.4 Å². The van der Waals surface area contributed by atoms with Crippen molar-refractivity contribution in [3.05, 3.63) is 46.1 Å². The molecule has 7 heteroatoms. The third-order valence-corrected chi connectivity index (χ3v) is 8.14. The minimum atomic E-state index is 0.0896. The number of aryl methyl sites for hydroxylation is 2. The van der Waals surface area contributed by atoms with E-state index >= 15 is 0 Å². The Morgan fingerprint density at radius 1 is 1.03 bits per heavy atom. The van der Waals surface area contributed by atoms with E-state index in [0.29, 0.717) is 24.6 Å². The van der Waals surface area contributed by atoms with Crippen LogP contribution < -0.4 is 9.64 Å². The highest BCUT2D eigenvalue weighted by Gasteiger charge is 2.32. The summed E-state index contributed by atoms with van der Waals surface area (Å²) in [4.78, 5) is 30.2. The van der Waals surface area contributed by atoms with Crippen molar-refractivity contribution >= 4 is 33.3 Å². The number of rotatable bonds is 4. The van der Waals surface area contributed by atoms with E-state index in [1.165, 1.54) is 52.8 Å². The van der Waals surface area contributed by atoms with Gasteiger partial charge in [0, 0.05) is 42.5 Å². The number of thiophene rings is 1. The molecule has 0 bridgehead atoms. The molecule has 3 aromatic rings. The van der Waals surface area contributed by atoms with Gasteiger partial charge in [0.1, 0.15) is 22.2 Å². The molecule has 0 unspecified atom stereocenters. The van der Waals surface area contributed by atoms with Gasteiger partial charge in [0.2, 0.25) is 0 Å². The van der Waals surface area contributed by atoms with E-state index in [-0.39, 0.29) is 5.91 Å². The summed E-state index contributed by atoms with van der Waals surface area (Å²) in [5, 5.41) is 1.30. The van der Waals surface area contributed by atoms with Crippen LogP contribution in [0, 0.1) is 0 Å². The predicted octanol–water partition coefficient (Wildman–Crippen LogP) is 4.42. The van der Waals surface area contributed by atoms with Gasteiger partial charge in [-0.15, -0.1) is 11.3 Å². The van der Waals surface area contributed by atoms with Crippen LogP contribution in [0.5, 0.6) is 5.75 Å². The zero-order valence-corrected chi connectivity index (χ0v) is 19.3. The summed E-state index contributed by atoms with van der Waals surface area (Å²) in [6.45, 7) is 3.04. The van der Waals surface area contributed by atoms with Crippen LogP contribution in [0.25, 0.3) is 10.2 Å². The summed E-state index contributed by atoms with van der Waals surface area (Å²) < 4.78 is 5.21. The lowest BCUT2D eigenvalue weighted by Crippen LogP contribution is -2.49. The number of piperazine rings is 1. The number of aromatic nitrogens is 2. The number of anilines is 1. The predicted molar refractivity (Wildman–Crippen MR) is 127 cm³/mol. The molecule has 2 aliphatic carbocycles. The van der Waals surface area contributed by atoms with Crippen molar-refractivity contribution < 1.29 is 9.53 Å². The van der Waals surface area contributed by atoms with Gasteiger partial charge in [0.15, 0.2) is 0 Å². The maximum absolute atomic E-state index is 13.0. The lowest BCUT2D eigenvalue weighted by Gasteiger charge is -2.36. The molecule has 0 N–H and O–H groups in total. The maximum atomic E-state index is 13.0. The number of amides is 1. The van der Waals surface area contributed by atoms with Crippen LogP contribution in [-0.2, 0) is 12.8 Å². The van der Waals surface area contributed by atoms with Crippen molar-refractivity contribution in [1.82, 2.24) is 14.9 Å². The van der Waals surface area contributed by atoms with Crippen molar-refractivity contribution in [2.45, 2.75) is 44.4 Å². The topological polar surface area (TPSA) is 58.6 Å². The number of carbonyl (C=O) groups is 1. The first-order valence-corrected chi connectivity index (χ1v) is 12.5. The standard InChI is InChI=1S/C25H28N4O2S/c1-31-18-10-8-17(9-11-18)25(30)29-14-12-28(13-15-29)23-21-19-4-2-3-5-20(19)32-24(21)27-22(26-23)16-6-7-16/h8-11,16H,2-7,12-15H2,1H3. The van der Waals surface area contributed by atoms with Gasteiger partial charge in [-0.3, -0.25) is 4.79 Å². The molecule has 6 rings (SSSR count). The fourth-order valence-electron chi connectivity index (χ4n) is 4.94. The molecule has 1 aromatic carbocycles. The Morgan fingerprint density at radius 3 is 2.50 bits per heavy atom. The molecule has 6 nitrogen and oxygen atoms in total. The molecule has 2 aromatic heterocycles. The molecular formula is C25H28N4O2S. The van der Waals surface area contributed by atoms with Crippen LogP contribution in [0.15, 0.2) is 24.3 Å². The Hall–Kier alpha value is -2.67. The fraction of sp³-hybridized carbons (Fsp3) is 0.480. The summed E-state index contributed by atoms with van der Waals surface area (Å²) in [5.41, 5.74) is 2.21.